The number of rotatable bonds is 3. The second-order valence-corrected chi connectivity index (χ2v) is 9.92. The molecular weight excluding hydrogens is 355 g/mol. The SMILES string of the molecule is COC(=O)C1(C)C[C@H]2CN(c3ccc(B4OC(C)(C)C(C)(C)O4)cn3)C[C@H]2C1. The molecule has 0 aromatic carbocycles. The fourth-order valence-electron chi connectivity index (χ4n) is 4.95. The van der Waals surface area contributed by atoms with Crippen LogP contribution in [0.15, 0.2) is 18.3 Å². The summed E-state index contributed by atoms with van der Waals surface area (Å²) >= 11 is 0. The molecule has 1 aromatic heterocycles. The Hall–Kier alpha value is -1.60. The second kappa shape index (κ2) is 6.46. The van der Waals surface area contributed by atoms with Crippen LogP contribution in [0.3, 0.4) is 0 Å². The number of anilines is 1. The lowest BCUT2D eigenvalue weighted by atomic mass is 9.80. The third-order valence-electron chi connectivity index (χ3n) is 7.30. The fraction of sp³-hybridized carbons (Fsp3) is 0.714. The zero-order chi connectivity index (χ0) is 20.3. The Balaban J connectivity index is 1.41. The molecule has 3 aliphatic rings. The fourth-order valence-corrected chi connectivity index (χ4v) is 4.95. The molecule has 0 N–H and O–H groups in total. The Morgan fingerprint density at radius 2 is 1.68 bits per heavy atom. The molecule has 2 saturated heterocycles. The van der Waals surface area contributed by atoms with Crippen LogP contribution in [0.5, 0.6) is 0 Å². The summed E-state index contributed by atoms with van der Waals surface area (Å²) in [6.07, 6.45) is 3.66. The summed E-state index contributed by atoms with van der Waals surface area (Å²) in [6, 6.07) is 4.11. The van der Waals surface area contributed by atoms with Crippen molar-refractivity contribution in [2.75, 3.05) is 25.1 Å². The highest BCUT2D eigenvalue weighted by Gasteiger charge is 2.52. The number of carbonyl (C=O) groups excluding carboxylic acids is 1. The molecule has 28 heavy (non-hydrogen) atoms. The van der Waals surface area contributed by atoms with Crippen molar-refractivity contribution in [2.45, 2.75) is 58.7 Å². The third kappa shape index (κ3) is 3.13. The number of nitrogens with zero attached hydrogens (tertiary/aromatic N) is 2. The summed E-state index contributed by atoms with van der Waals surface area (Å²) < 4.78 is 17.2. The Labute approximate surface area is 168 Å². The maximum absolute atomic E-state index is 12.1. The molecule has 1 aromatic rings. The molecule has 2 aliphatic heterocycles. The molecule has 1 unspecified atom stereocenters. The molecule has 3 heterocycles. The number of aromatic nitrogens is 1. The molecular formula is C21H31BN2O4. The van der Waals surface area contributed by atoms with Crippen LogP contribution in [0.2, 0.25) is 0 Å². The molecule has 4 rings (SSSR count). The van der Waals surface area contributed by atoms with Crippen molar-refractivity contribution in [3.05, 3.63) is 18.3 Å². The number of fused-ring (bicyclic) bond motifs is 1. The second-order valence-electron chi connectivity index (χ2n) is 9.92. The average Bonchev–Trinajstić information content (AvgIpc) is 3.22. The van der Waals surface area contributed by atoms with Crippen molar-refractivity contribution in [3.8, 4) is 0 Å². The first kappa shape index (κ1) is 19.7. The van der Waals surface area contributed by atoms with E-state index in [0.29, 0.717) is 11.8 Å². The number of hydrogen-bond acceptors (Lipinski definition) is 6. The third-order valence-corrected chi connectivity index (χ3v) is 7.30. The Kier molecular flexibility index (Phi) is 4.55. The van der Waals surface area contributed by atoms with Gasteiger partial charge < -0.3 is 18.9 Å². The largest absolute Gasteiger partial charge is 0.496 e. The highest BCUT2D eigenvalue weighted by molar-refractivity contribution is 6.62. The van der Waals surface area contributed by atoms with Crippen molar-refractivity contribution < 1.29 is 18.8 Å². The minimum absolute atomic E-state index is 0.0710. The van der Waals surface area contributed by atoms with Gasteiger partial charge in [0, 0.05) is 24.7 Å². The van der Waals surface area contributed by atoms with Gasteiger partial charge in [0.1, 0.15) is 5.82 Å². The summed E-state index contributed by atoms with van der Waals surface area (Å²) in [5, 5.41) is 0. The first-order valence-electron chi connectivity index (χ1n) is 10.2. The van der Waals surface area contributed by atoms with E-state index in [-0.39, 0.29) is 29.7 Å². The molecule has 3 atom stereocenters. The van der Waals surface area contributed by atoms with Crippen molar-refractivity contribution >= 4 is 24.4 Å². The molecule has 0 bridgehead atoms. The van der Waals surface area contributed by atoms with E-state index in [2.05, 4.69) is 44.7 Å². The van der Waals surface area contributed by atoms with Gasteiger partial charge in [0.2, 0.25) is 0 Å². The summed E-state index contributed by atoms with van der Waals surface area (Å²) in [7, 11) is 1.10. The maximum Gasteiger partial charge on any atom is 0.496 e. The van der Waals surface area contributed by atoms with Gasteiger partial charge >= 0.3 is 13.1 Å². The lowest BCUT2D eigenvalue weighted by Crippen LogP contribution is -2.41. The van der Waals surface area contributed by atoms with E-state index in [9.17, 15) is 4.79 Å². The van der Waals surface area contributed by atoms with Crippen LogP contribution >= 0.6 is 0 Å². The van der Waals surface area contributed by atoms with E-state index in [1.54, 1.807) is 0 Å². The van der Waals surface area contributed by atoms with Gasteiger partial charge in [-0.2, -0.15) is 0 Å². The van der Waals surface area contributed by atoms with Crippen molar-refractivity contribution in [1.29, 1.82) is 0 Å². The smallest absolute Gasteiger partial charge is 0.469 e. The summed E-state index contributed by atoms with van der Waals surface area (Å²) in [6.45, 7) is 12.2. The quantitative estimate of drug-likeness (QED) is 0.587. The van der Waals surface area contributed by atoms with Gasteiger partial charge in [0.15, 0.2) is 0 Å². The standard InChI is InChI=1S/C21H31BN2O4/c1-19(2)20(3,4)28-22(27-19)16-7-8-17(23-11-16)24-12-14-9-21(5,18(25)26-6)10-15(14)13-24/h7-8,11,14-15H,9-10,12-13H2,1-6H3/t14-,15+,21?. The van der Waals surface area contributed by atoms with Gasteiger partial charge in [-0.15, -0.1) is 0 Å². The van der Waals surface area contributed by atoms with E-state index in [1.165, 1.54) is 7.11 Å². The number of carbonyl (C=O) groups is 1. The first-order chi connectivity index (χ1) is 13.0. The molecule has 0 amide bonds. The van der Waals surface area contributed by atoms with Gasteiger partial charge in [0.25, 0.3) is 0 Å². The zero-order valence-electron chi connectivity index (χ0n) is 17.8. The average molecular weight is 386 g/mol. The van der Waals surface area contributed by atoms with Gasteiger partial charge in [-0.3, -0.25) is 4.79 Å². The van der Waals surface area contributed by atoms with Crippen LogP contribution in [0.4, 0.5) is 5.82 Å². The summed E-state index contributed by atoms with van der Waals surface area (Å²) in [5.74, 6) is 1.95. The van der Waals surface area contributed by atoms with Crippen LogP contribution in [0.1, 0.15) is 47.5 Å². The number of hydrogen-bond donors (Lipinski definition) is 0. The highest BCUT2D eigenvalue weighted by atomic mass is 16.7. The van der Waals surface area contributed by atoms with E-state index in [1.807, 2.05) is 13.1 Å². The van der Waals surface area contributed by atoms with Crippen LogP contribution in [0.25, 0.3) is 0 Å². The topological polar surface area (TPSA) is 60.9 Å². The summed E-state index contributed by atoms with van der Waals surface area (Å²) in [4.78, 5) is 19.1. The van der Waals surface area contributed by atoms with E-state index >= 15 is 0 Å². The minimum Gasteiger partial charge on any atom is -0.469 e. The molecule has 7 heteroatoms. The van der Waals surface area contributed by atoms with Gasteiger partial charge in [-0.1, -0.05) is 6.07 Å². The van der Waals surface area contributed by atoms with Crippen LogP contribution in [-0.4, -0.2) is 49.5 Å². The van der Waals surface area contributed by atoms with E-state index in [0.717, 1.165) is 37.2 Å². The lowest BCUT2D eigenvalue weighted by Gasteiger charge is -2.32. The molecule has 0 spiro atoms. The monoisotopic (exact) mass is 386 g/mol. The first-order valence-corrected chi connectivity index (χ1v) is 10.2. The molecule has 0 radical (unpaired) electrons. The Morgan fingerprint density at radius 3 is 2.14 bits per heavy atom. The predicted octanol–water partition coefficient (Wildman–Crippen LogP) is 2.41. The van der Waals surface area contributed by atoms with Crippen LogP contribution < -0.4 is 10.4 Å². The molecule has 1 aliphatic carbocycles. The number of ether oxygens (including phenoxy) is 1. The van der Waals surface area contributed by atoms with Crippen LogP contribution in [0, 0.1) is 17.3 Å². The summed E-state index contributed by atoms with van der Waals surface area (Å²) in [5.41, 5.74) is -0.0890. The molecule has 152 valence electrons. The highest BCUT2D eigenvalue weighted by Crippen LogP contribution is 2.50. The normalized spacial score (nSPS) is 33.2. The van der Waals surface area contributed by atoms with Crippen LogP contribution in [-0.2, 0) is 18.8 Å². The molecule has 1 saturated carbocycles. The lowest BCUT2D eigenvalue weighted by molar-refractivity contribution is -0.151. The number of pyridine rings is 1. The van der Waals surface area contributed by atoms with Gasteiger partial charge in [0.05, 0.1) is 23.7 Å². The van der Waals surface area contributed by atoms with Gasteiger partial charge in [-0.25, -0.2) is 4.98 Å². The Bertz CT molecular complexity index is 734. The maximum atomic E-state index is 12.1. The Morgan fingerprint density at radius 1 is 1.11 bits per heavy atom. The minimum atomic E-state index is -0.384. The van der Waals surface area contributed by atoms with Gasteiger partial charge in [-0.05, 0) is 65.4 Å². The predicted molar refractivity (Wildman–Crippen MR) is 109 cm³/mol. The number of esters is 1. The molecule has 3 fully saturated rings. The van der Waals surface area contributed by atoms with E-state index < -0.39 is 0 Å². The van der Waals surface area contributed by atoms with E-state index in [4.69, 9.17) is 19.0 Å². The zero-order valence-corrected chi connectivity index (χ0v) is 17.8. The molecule has 6 nitrogen and oxygen atoms in total. The van der Waals surface area contributed by atoms with Crippen molar-refractivity contribution in [1.82, 2.24) is 4.98 Å². The van der Waals surface area contributed by atoms with Crippen molar-refractivity contribution in [3.63, 3.8) is 0 Å². The number of methoxy groups -OCH3 is 1. The van der Waals surface area contributed by atoms with Crippen molar-refractivity contribution in [2.24, 2.45) is 17.3 Å².